The second-order valence-electron chi connectivity index (χ2n) is 8.79. The standard InChI is InChI=1S/C26H32N2.ClH/c1-3-8-19(9-4-1)16-17-27-25-13-7-12-22-23-18-21(20-10-5-2-6-11-20)14-15-24(23)28-26(22)25;/h1,3-4,8-9,14-15,18,20,25,27-28H,2,5-7,10-13,16-17H2;1H. The highest BCUT2D eigenvalue weighted by molar-refractivity contribution is 5.86. The van der Waals surface area contributed by atoms with Gasteiger partial charge < -0.3 is 10.3 Å². The molecule has 5 rings (SSSR count). The highest BCUT2D eigenvalue weighted by Crippen LogP contribution is 2.38. The van der Waals surface area contributed by atoms with Crippen molar-refractivity contribution in [2.45, 2.75) is 69.7 Å². The zero-order chi connectivity index (χ0) is 18.8. The third kappa shape index (κ3) is 4.39. The van der Waals surface area contributed by atoms with E-state index in [0.29, 0.717) is 6.04 Å². The fourth-order valence-electron chi connectivity index (χ4n) is 5.41. The predicted molar refractivity (Wildman–Crippen MR) is 125 cm³/mol. The molecule has 0 saturated heterocycles. The number of H-pyrrole nitrogens is 1. The zero-order valence-electron chi connectivity index (χ0n) is 17.3. The Morgan fingerprint density at radius 2 is 1.72 bits per heavy atom. The molecular formula is C26H33ClN2. The van der Waals surface area contributed by atoms with E-state index in [4.69, 9.17) is 0 Å². The van der Waals surface area contributed by atoms with E-state index >= 15 is 0 Å². The molecule has 1 aromatic heterocycles. The van der Waals surface area contributed by atoms with Crippen LogP contribution in [0, 0.1) is 0 Å². The number of hydrogen-bond acceptors (Lipinski definition) is 1. The Balaban J connectivity index is 0.00000205. The molecule has 0 radical (unpaired) electrons. The minimum Gasteiger partial charge on any atom is -0.357 e. The van der Waals surface area contributed by atoms with Crippen LogP contribution in [-0.2, 0) is 12.8 Å². The Bertz CT molecular complexity index is 925. The number of aromatic amines is 1. The average Bonchev–Trinajstić information content (AvgIpc) is 3.14. The minimum absolute atomic E-state index is 0. The molecule has 154 valence electrons. The number of nitrogens with one attached hydrogen (secondary N) is 2. The molecule has 1 heterocycles. The summed E-state index contributed by atoms with van der Waals surface area (Å²) in [5.41, 5.74) is 7.36. The van der Waals surface area contributed by atoms with E-state index in [1.165, 1.54) is 73.5 Å². The Hall–Kier alpha value is -1.77. The van der Waals surface area contributed by atoms with Crippen molar-refractivity contribution in [3.8, 4) is 0 Å². The topological polar surface area (TPSA) is 27.8 Å². The van der Waals surface area contributed by atoms with Crippen LogP contribution >= 0.6 is 12.4 Å². The average molecular weight is 409 g/mol. The summed E-state index contributed by atoms with van der Waals surface area (Å²) < 4.78 is 0. The van der Waals surface area contributed by atoms with E-state index in [1.807, 2.05) is 0 Å². The lowest BCUT2D eigenvalue weighted by atomic mass is 9.83. The van der Waals surface area contributed by atoms with E-state index in [0.717, 1.165) is 18.9 Å². The highest BCUT2D eigenvalue weighted by atomic mass is 35.5. The van der Waals surface area contributed by atoms with Gasteiger partial charge in [-0.2, -0.15) is 0 Å². The van der Waals surface area contributed by atoms with Crippen LogP contribution in [0.3, 0.4) is 0 Å². The van der Waals surface area contributed by atoms with Crippen LogP contribution in [0.2, 0.25) is 0 Å². The molecule has 2 aliphatic rings. The van der Waals surface area contributed by atoms with Gasteiger partial charge in [0.15, 0.2) is 0 Å². The van der Waals surface area contributed by atoms with Crippen molar-refractivity contribution >= 4 is 23.3 Å². The molecule has 0 aliphatic heterocycles. The van der Waals surface area contributed by atoms with Crippen LogP contribution in [0.25, 0.3) is 10.9 Å². The molecule has 2 nitrogen and oxygen atoms in total. The highest BCUT2D eigenvalue weighted by Gasteiger charge is 2.24. The summed E-state index contributed by atoms with van der Waals surface area (Å²) in [5, 5.41) is 5.33. The second kappa shape index (κ2) is 9.36. The maximum Gasteiger partial charge on any atom is 0.0476 e. The van der Waals surface area contributed by atoms with Crippen molar-refractivity contribution in [3.05, 3.63) is 70.9 Å². The summed E-state index contributed by atoms with van der Waals surface area (Å²) in [6, 6.07) is 18.5. The molecule has 29 heavy (non-hydrogen) atoms. The second-order valence-corrected chi connectivity index (χ2v) is 8.79. The van der Waals surface area contributed by atoms with E-state index in [-0.39, 0.29) is 12.4 Å². The van der Waals surface area contributed by atoms with Gasteiger partial charge in [-0.25, -0.2) is 0 Å². The minimum atomic E-state index is 0. The number of aryl methyl sites for hydroxylation is 1. The number of fused-ring (bicyclic) bond motifs is 3. The Morgan fingerprint density at radius 1 is 0.897 bits per heavy atom. The molecule has 1 unspecified atom stereocenters. The van der Waals surface area contributed by atoms with Crippen LogP contribution in [-0.4, -0.2) is 11.5 Å². The predicted octanol–water partition coefficient (Wildman–Crippen LogP) is 6.85. The summed E-state index contributed by atoms with van der Waals surface area (Å²) in [6.07, 6.45) is 11.8. The van der Waals surface area contributed by atoms with Gasteiger partial charge >= 0.3 is 0 Å². The van der Waals surface area contributed by atoms with Crippen LogP contribution in [0.4, 0.5) is 0 Å². The number of rotatable bonds is 5. The van der Waals surface area contributed by atoms with E-state index < -0.39 is 0 Å². The van der Waals surface area contributed by atoms with Crippen molar-refractivity contribution < 1.29 is 0 Å². The monoisotopic (exact) mass is 408 g/mol. The van der Waals surface area contributed by atoms with Crippen LogP contribution in [0.5, 0.6) is 0 Å². The number of halogens is 1. The van der Waals surface area contributed by atoms with Gasteiger partial charge in [-0.1, -0.05) is 55.7 Å². The van der Waals surface area contributed by atoms with Gasteiger partial charge in [0.25, 0.3) is 0 Å². The maximum absolute atomic E-state index is 3.83. The van der Waals surface area contributed by atoms with Gasteiger partial charge in [-0.15, -0.1) is 12.4 Å². The molecule has 3 aromatic rings. The molecule has 0 bridgehead atoms. The fraction of sp³-hybridized carbons (Fsp3) is 0.462. The van der Waals surface area contributed by atoms with Crippen LogP contribution < -0.4 is 5.32 Å². The van der Waals surface area contributed by atoms with Crippen molar-refractivity contribution in [2.75, 3.05) is 6.54 Å². The SMILES string of the molecule is Cl.c1ccc(CCNC2CCCc3c2[nH]c2ccc(C4CCCCC4)cc32)cc1. The summed E-state index contributed by atoms with van der Waals surface area (Å²) in [7, 11) is 0. The molecule has 2 aromatic carbocycles. The van der Waals surface area contributed by atoms with Gasteiger partial charge in [0, 0.05) is 22.6 Å². The van der Waals surface area contributed by atoms with Gasteiger partial charge in [-0.3, -0.25) is 0 Å². The Morgan fingerprint density at radius 3 is 2.55 bits per heavy atom. The van der Waals surface area contributed by atoms with E-state index in [1.54, 1.807) is 11.1 Å². The first-order valence-corrected chi connectivity index (χ1v) is 11.3. The van der Waals surface area contributed by atoms with Crippen molar-refractivity contribution in [3.63, 3.8) is 0 Å². The molecule has 3 heteroatoms. The largest absolute Gasteiger partial charge is 0.357 e. The van der Waals surface area contributed by atoms with E-state index in [9.17, 15) is 0 Å². The summed E-state index contributed by atoms with van der Waals surface area (Å²) in [6.45, 7) is 1.04. The Kier molecular flexibility index (Phi) is 6.62. The van der Waals surface area contributed by atoms with Gasteiger partial charge in [0.1, 0.15) is 0 Å². The third-order valence-corrected chi connectivity index (χ3v) is 6.96. The third-order valence-electron chi connectivity index (χ3n) is 6.96. The van der Waals surface area contributed by atoms with Crippen molar-refractivity contribution in [2.24, 2.45) is 0 Å². The molecule has 0 spiro atoms. The number of hydrogen-bond donors (Lipinski definition) is 2. The summed E-state index contributed by atoms with van der Waals surface area (Å²) in [5.74, 6) is 0.784. The smallest absolute Gasteiger partial charge is 0.0476 e. The molecule has 0 amide bonds. The molecular weight excluding hydrogens is 376 g/mol. The first kappa shape index (κ1) is 20.5. The number of aromatic nitrogens is 1. The Labute approximate surface area is 180 Å². The van der Waals surface area contributed by atoms with Gasteiger partial charge in [-0.05, 0) is 79.8 Å². The summed E-state index contributed by atoms with van der Waals surface area (Å²) >= 11 is 0. The van der Waals surface area contributed by atoms with Crippen molar-refractivity contribution in [1.82, 2.24) is 10.3 Å². The lowest BCUT2D eigenvalue weighted by molar-refractivity contribution is 0.444. The lowest BCUT2D eigenvalue weighted by Crippen LogP contribution is -2.27. The zero-order valence-corrected chi connectivity index (χ0v) is 18.1. The van der Waals surface area contributed by atoms with Crippen LogP contribution in [0.15, 0.2) is 48.5 Å². The number of benzene rings is 2. The maximum atomic E-state index is 3.83. The van der Waals surface area contributed by atoms with Crippen LogP contribution in [0.1, 0.15) is 79.3 Å². The lowest BCUT2D eigenvalue weighted by Gasteiger charge is -2.24. The normalized spacial score (nSPS) is 19.7. The van der Waals surface area contributed by atoms with Gasteiger partial charge in [0.2, 0.25) is 0 Å². The molecule has 2 N–H and O–H groups in total. The quantitative estimate of drug-likeness (QED) is 0.474. The summed E-state index contributed by atoms with van der Waals surface area (Å²) in [4.78, 5) is 3.78. The van der Waals surface area contributed by atoms with Gasteiger partial charge in [0.05, 0.1) is 0 Å². The van der Waals surface area contributed by atoms with Crippen molar-refractivity contribution in [1.29, 1.82) is 0 Å². The van der Waals surface area contributed by atoms with E-state index in [2.05, 4.69) is 58.8 Å². The first-order valence-electron chi connectivity index (χ1n) is 11.3. The molecule has 1 saturated carbocycles. The molecule has 1 fully saturated rings. The molecule has 2 aliphatic carbocycles. The fourth-order valence-corrected chi connectivity index (χ4v) is 5.41. The molecule has 1 atom stereocenters. The first-order chi connectivity index (χ1) is 13.9.